The Morgan fingerprint density at radius 1 is 1.04 bits per heavy atom. The van der Waals surface area contributed by atoms with Gasteiger partial charge in [0, 0.05) is 17.8 Å². The normalized spacial score (nSPS) is 11.5. The van der Waals surface area contributed by atoms with Gasteiger partial charge in [0.05, 0.1) is 5.52 Å². The molecule has 1 aromatic carbocycles. The standard InChI is InChI=1S/C20H20N3/c1-13-9-14(2)15(3)16(10-13)18-11-19-17(12-22(18)4)21-20-7-5-6-8-23(19)20/h5-12H,1-4H3/q+1. The molecule has 0 N–H and O–H groups in total. The Bertz CT molecular complexity index is 1060. The number of aromatic nitrogens is 3. The summed E-state index contributed by atoms with van der Waals surface area (Å²) >= 11 is 0. The molecule has 0 atom stereocenters. The van der Waals surface area contributed by atoms with Crippen LogP contribution in [0.2, 0.25) is 0 Å². The number of aryl methyl sites for hydroxylation is 3. The summed E-state index contributed by atoms with van der Waals surface area (Å²) in [6, 6.07) is 12.9. The predicted octanol–water partition coefficient (Wildman–Crippen LogP) is 3.90. The first-order chi connectivity index (χ1) is 11.0. The molecule has 3 nitrogen and oxygen atoms in total. The summed E-state index contributed by atoms with van der Waals surface area (Å²) in [6.45, 7) is 6.53. The Morgan fingerprint density at radius 2 is 1.87 bits per heavy atom. The van der Waals surface area contributed by atoms with E-state index < -0.39 is 0 Å². The Labute approximate surface area is 135 Å². The summed E-state index contributed by atoms with van der Waals surface area (Å²) in [7, 11) is 2.09. The molecule has 3 heteroatoms. The van der Waals surface area contributed by atoms with Gasteiger partial charge in [-0.1, -0.05) is 17.7 Å². The number of pyridine rings is 2. The first kappa shape index (κ1) is 13.9. The average molecular weight is 302 g/mol. The van der Waals surface area contributed by atoms with E-state index in [1.807, 2.05) is 18.2 Å². The highest BCUT2D eigenvalue weighted by Gasteiger charge is 2.18. The van der Waals surface area contributed by atoms with Crippen LogP contribution in [0.5, 0.6) is 0 Å². The minimum absolute atomic E-state index is 0.983. The van der Waals surface area contributed by atoms with Crippen LogP contribution in [-0.4, -0.2) is 9.38 Å². The van der Waals surface area contributed by atoms with Gasteiger partial charge in [-0.25, -0.2) is 4.98 Å². The molecular weight excluding hydrogens is 282 g/mol. The number of benzene rings is 1. The fraction of sp³-hybridized carbons (Fsp3) is 0.200. The number of hydrogen-bond donors (Lipinski definition) is 0. The number of imidazole rings is 1. The van der Waals surface area contributed by atoms with Gasteiger partial charge in [0.2, 0.25) is 5.69 Å². The van der Waals surface area contributed by atoms with Crippen LogP contribution < -0.4 is 4.57 Å². The van der Waals surface area contributed by atoms with Crippen molar-refractivity contribution in [3.8, 4) is 11.3 Å². The van der Waals surface area contributed by atoms with Crippen LogP contribution in [0.1, 0.15) is 16.7 Å². The number of hydrogen-bond acceptors (Lipinski definition) is 1. The Balaban J connectivity index is 2.08. The highest BCUT2D eigenvalue weighted by Crippen LogP contribution is 2.27. The third-order valence-corrected chi connectivity index (χ3v) is 4.65. The van der Waals surface area contributed by atoms with E-state index in [1.54, 1.807) is 0 Å². The molecule has 0 bridgehead atoms. The van der Waals surface area contributed by atoms with E-state index in [9.17, 15) is 0 Å². The van der Waals surface area contributed by atoms with E-state index in [1.165, 1.54) is 27.9 Å². The van der Waals surface area contributed by atoms with Crippen molar-refractivity contribution in [2.45, 2.75) is 20.8 Å². The summed E-state index contributed by atoms with van der Waals surface area (Å²) in [5, 5.41) is 0. The maximum absolute atomic E-state index is 4.71. The smallest absolute Gasteiger partial charge is 0.214 e. The Morgan fingerprint density at radius 3 is 2.70 bits per heavy atom. The largest absolute Gasteiger partial charge is 0.299 e. The van der Waals surface area contributed by atoms with Crippen molar-refractivity contribution in [2.24, 2.45) is 7.05 Å². The van der Waals surface area contributed by atoms with Crippen molar-refractivity contribution in [1.82, 2.24) is 9.38 Å². The van der Waals surface area contributed by atoms with Gasteiger partial charge in [-0.2, -0.15) is 4.57 Å². The molecule has 0 fully saturated rings. The van der Waals surface area contributed by atoms with Crippen LogP contribution in [0, 0.1) is 20.8 Å². The zero-order chi connectivity index (χ0) is 16.1. The van der Waals surface area contributed by atoms with Crippen LogP contribution in [0.3, 0.4) is 0 Å². The van der Waals surface area contributed by atoms with Gasteiger partial charge in [0.1, 0.15) is 12.7 Å². The highest BCUT2D eigenvalue weighted by molar-refractivity contribution is 5.82. The molecule has 3 aromatic heterocycles. The second-order valence-electron chi connectivity index (χ2n) is 6.34. The molecule has 0 aliphatic carbocycles. The molecule has 0 aliphatic heterocycles. The molecule has 0 radical (unpaired) electrons. The van der Waals surface area contributed by atoms with Crippen molar-refractivity contribution in [1.29, 1.82) is 0 Å². The molecule has 0 unspecified atom stereocenters. The highest BCUT2D eigenvalue weighted by atomic mass is 15.0. The summed E-state index contributed by atoms with van der Waals surface area (Å²) < 4.78 is 4.33. The van der Waals surface area contributed by atoms with E-state index in [0.29, 0.717) is 0 Å². The second-order valence-corrected chi connectivity index (χ2v) is 6.34. The lowest BCUT2D eigenvalue weighted by Crippen LogP contribution is -2.30. The Kier molecular flexibility index (Phi) is 2.98. The molecule has 0 saturated heterocycles. The first-order valence-electron chi connectivity index (χ1n) is 7.89. The van der Waals surface area contributed by atoms with Crippen LogP contribution in [-0.2, 0) is 7.05 Å². The third kappa shape index (κ3) is 2.12. The maximum atomic E-state index is 4.71. The molecule has 4 aromatic rings. The summed E-state index contributed by atoms with van der Waals surface area (Å²) in [4.78, 5) is 4.71. The van der Waals surface area contributed by atoms with Crippen molar-refractivity contribution in [3.05, 3.63) is 65.5 Å². The lowest BCUT2D eigenvalue weighted by Gasteiger charge is -2.09. The summed E-state index contributed by atoms with van der Waals surface area (Å²) in [6.07, 6.45) is 4.19. The molecule has 23 heavy (non-hydrogen) atoms. The van der Waals surface area contributed by atoms with Gasteiger partial charge in [-0.3, -0.25) is 4.40 Å². The van der Waals surface area contributed by atoms with Crippen LogP contribution in [0.15, 0.2) is 48.8 Å². The number of fused-ring (bicyclic) bond motifs is 3. The van der Waals surface area contributed by atoms with E-state index in [4.69, 9.17) is 4.98 Å². The summed E-state index contributed by atoms with van der Waals surface area (Å²) in [5.41, 5.74) is 9.61. The second kappa shape index (κ2) is 4.92. The Hall–Kier alpha value is -2.68. The molecule has 0 aliphatic rings. The maximum Gasteiger partial charge on any atom is 0.214 e. The lowest BCUT2D eigenvalue weighted by molar-refractivity contribution is -0.659. The fourth-order valence-electron chi connectivity index (χ4n) is 3.33. The van der Waals surface area contributed by atoms with Crippen LogP contribution in [0.25, 0.3) is 27.9 Å². The third-order valence-electron chi connectivity index (χ3n) is 4.65. The van der Waals surface area contributed by atoms with Crippen molar-refractivity contribution in [2.75, 3.05) is 0 Å². The fourth-order valence-corrected chi connectivity index (χ4v) is 3.33. The number of rotatable bonds is 1. The molecule has 0 amide bonds. The van der Waals surface area contributed by atoms with Gasteiger partial charge >= 0.3 is 0 Å². The van der Waals surface area contributed by atoms with Gasteiger partial charge < -0.3 is 0 Å². The monoisotopic (exact) mass is 302 g/mol. The van der Waals surface area contributed by atoms with E-state index in [2.05, 4.69) is 67.4 Å². The van der Waals surface area contributed by atoms with Gasteiger partial charge in [0.25, 0.3) is 0 Å². The van der Waals surface area contributed by atoms with Gasteiger partial charge in [-0.05, 0) is 50.1 Å². The predicted molar refractivity (Wildman–Crippen MR) is 93.5 cm³/mol. The van der Waals surface area contributed by atoms with Crippen LogP contribution >= 0.6 is 0 Å². The average Bonchev–Trinajstić information content (AvgIpc) is 2.87. The minimum atomic E-state index is 0.983. The van der Waals surface area contributed by atoms with Gasteiger partial charge in [0.15, 0.2) is 11.7 Å². The molecule has 0 saturated carbocycles. The topological polar surface area (TPSA) is 21.2 Å². The molecule has 3 heterocycles. The molecule has 4 rings (SSSR count). The molecular formula is C20H20N3+. The molecule has 0 spiro atoms. The number of nitrogens with zero attached hydrogens (tertiary/aromatic N) is 3. The lowest BCUT2D eigenvalue weighted by atomic mass is 9.97. The van der Waals surface area contributed by atoms with Crippen molar-refractivity contribution < 1.29 is 4.57 Å². The minimum Gasteiger partial charge on any atom is -0.299 e. The SMILES string of the molecule is Cc1cc(C)c(C)c(-c2cc3c(c[n+]2C)nc2ccccn23)c1. The quantitative estimate of drug-likeness (QED) is 0.489. The van der Waals surface area contributed by atoms with Crippen molar-refractivity contribution in [3.63, 3.8) is 0 Å². The van der Waals surface area contributed by atoms with E-state index in [0.717, 1.165) is 16.7 Å². The zero-order valence-electron chi connectivity index (χ0n) is 14.0. The summed E-state index contributed by atoms with van der Waals surface area (Å²) in [5.74, 6) is 0. The molecule has 114 valence electrons. The van der Waals surface area contributed by atoms with Crippen LogP contribution in [0.4, 0.5) is 0 Å². The zero-order valence-corrected chi connectivity index (χ0v) is 14.0. The van der Waals surface area contributed by atoms with Crippen molar-refractivity contribution >= 4 is 16.7 Å². The van der Waals surface area contributed by atoms with Gasteiger partial charge in [-0.15, -0.1) is 0 Å². The van der Waals surface area contributed by atoms with E-state index >= 15 is 0 Å². The van der Waals surface area contributed by atoms with E-state index in [-0.39, 0.29) is 0 Å². The first-order valence-corrected chi connectivity index (χ1v) is 7.89.